The first-order valence-electron chi connectivity index (χ1n) is 4.77. The summed E-state index contributed by atoms with van der Waals surface area (Å²) in [5, 5.41) is 0. The Morgan fingerprint density at radius 3 is 2.62 bits per heavy atom. The smallest absolute Gasteiger partial charge is 0.126 e. The summed E-state index contributed by atoms with van der Waals surface area (Å²) in [5.41, 5.74) is 6.45. The highest BCUT2D eigenvalue weighted by Crippen LogP contribution is 2.42. The van der Waals surface area contributed by atoms with E-state index >= 15 is 0 Å². The molecule has 1 fully saturated rings. The van der Waals surface area contributed by atoms with Crippen molar-refractivity contribution in [2.45, 2.75) is 18.8 Å². The Hall–Kier alpha value is -0.890. The number of benzene rings is 1. The zero-order valence-corrected chi connectivity index (χ0v) is 7.54. The van der Waals surface area contributed by atoms with Gasteiger partial charge in [0.1, 0.15) is 5.82 Å². The van der Waals surface area contributed by atoms with Crippen molar-refractivity contribution in [3.8, 4) is 0 Å². The Morgan fingerprint density at radius 2 is 2.08 bits per heavy atom. The first kappa shape index (κ1) is 8.70. The molecule has 13 heavy (non-hydrogen) atoms. The van der Waals surface area contributed by atoms with E-state index in [-0.39, 0.29) is 11.7 Å². The van der Waals surface area contributed by atoms with E-state index < -0.39 is 0 Å². The highest BCUT2D eigenvalue weighted by molar-refractivity contribution is 5.24. The van der Waals surface area contributed by atoms with Gasteiger partial charge in [-0.1, -0.05) is 18.2 Å². The Kier molecular flexibility index (Phi) is 2.32. The second kappa shape index (κ2) is 3.46. The molecule has 1 saturated carbocycles. The van der Waals surface area contributed by atoms with Crippen LogP contribution in [0.2, 0.25) is 0 Å². The highest BCUT2D eigenvalue weighted by Gasteiger charge is 2.32. The molecule has 0 radical (unpaired) electrons. The van der Waals surface area contributed by atoms with Crippen molar-refractivity contribution >= 4 is 0 Å². The Labute approximate surface area is 77.8 Å². The van der Waals surface area contributed by atoms with Crippen molar-refractivity contribution in [3.05, 3.63) is 35.6 Å². The van der Waals surface area contributed by atoms with E-state index in [0.29, 0.717) is 12.5 Å². The summed E-state index contributed by atoms with van der Waals surface area (Å²) in [4.78, 5) is 0. The molecule has 0 aromatic heterocycles. The van der Waals surface area contributed by atoms with E-state index in [9.17, 15) is 4.39 Å². The van der Waals surface area contributed by atoms with Crippen LogP contribution in [0.15, 0.2) is 24.3 Å². The Morgan fingerprint density at radius 1 is 1.38 bits per heavy atom. The summed E-state index contributed by atoms with van der Waals surface area (Å²) in [6.07, 6.45) is 2.41. The minimum absolute atomic E-state index is 0.107. The van der Waals surface area contributed by atoms with Gasteiger partial charge in [-0.15, -0.1) is 0 Å². The van der Waals surface area contributed by atoms with E-state index in [1.165, 1.54) is 18.9 Å². The molecule has 1 aliphatic rings. The second-order valence-electron chi connectivity index (χ2n) is 3.70. The Balaban J connectivity index is 2.26. The topological polar surface area (TPSA) is 26.0 Å². The molecule has 2 rings (SSSR count). The van der Waals surface area contributed by atoms with Gasteiger partial charge in [-0.2, -0.15) is 0 Å². The zero-order chi connectivity index (χ0) is 9.26. The molecule has 1 unspecified atom stereocenters. The number of nitrogens with two attached hydrogens (primary N) is 1. The molecule has 2 heteroatoms. The van der Waals surface area contributed by atoms with Gasteiger partial charge in [0.15, 0.2) is 0 Å². The quantitative estimate of drug-likeness (QED) is 0.756. The molecular formula is C11H14FN. The number of rotatable bonds is 3. The van der Waals surface area contributed by atoms with Crippen LogP contribution in [0.5, 0.6) is 0 Å². The standard InChI is InChI=1S/C11H14FN/c12-11-4-2-1-3-9(11)10(7-13)8-5-6-8/h1-4,8,10H,5-7,13H2. The lowest BCUT2D eigenvalue weighted by atomic mass is 9.94. The van der Waals surface area contributed by atoms with Crippen LogP contribution in [0, 0.1) is 11.7 Å². The van der Waals surface area contributed by atoms with Crippen molar-refractivity contribution in [2.75, 3.05) is 6.54 Å². The fourth-order valence-electron chi connectivity index (χ4n) is 1.85. The fraction of sp³-hybridized carbons (Fsp3) is 0.455. The van der Waals surface area contributed by atoms with Gasteiger partial charge in [-0.05, 0) is 36.9 Å². The van der Waals surface area contributed by atoms with Crippen LogP contribution < -0.4 is 5.73 Å². The van der Waals surface area contributed by atoms with Crippen LogP contribution in [0.3, 0.4) is 0 Å². The van der Waals surface area contributed by atoms with Crippen molar-refractivity contribution in [1.29, 1.82) is 0 Å². The summed E-state index contributed by atoms with van der Waals surface area (Å²) in [6.45, 7) is 0.561. The van der Waals surface area contributed by atoms with Gasteiger partial charge in [0.25, 0.3) is 0 Å². The van der Waals surface area contributed by atoms with Gasteiger partial charge < -0.3 is 5.73 Å². The monoisotopic (exact) mass is 179 g/mol. The summed E-state index contributed by atoms with van der Waals surface area (Å²) in [5.74, 6) is 0.757. The maximum atomic E-state index is 13.4. The normalized spacial score (nSPS) is 18.6. The van der Waals surface area contributed by atoms with E-state index in [0.717, 1.165) is 5.56 Å². The largest absolute Gasteiger partial charge is 0.330 e. The van der Waals surface area contributed by atoms with E-state index in [1.807, 2.05) is 12.1 Å². The summed E-state index contributed by atoms with van der Waals surface area (Å²) < 4.78 is 13.4. The maximum Gasteiger partial charge on any atom is 0.126 e. The van der Waals surface area contributed by atoms with Gasteiger partial charge in [0.05, 0.1) is 0 Å². The number of halogens is 1. The fourth-order valence-corrected chi connectivity index (χ4v) is 1.85. The molecule has 1 atom stereocenters. The molecule has 0 heterocycles. The number of hydrogen-bond acceptors (Lipinski definition) is 1. The third-order valence-electron chi connectivity index (χ3n) is 2.75. The van der Waals surface area contributed by atoms with Gasteiger partial charge in [-0.3, -0.25) is 0 Å². The zero-order valence-electron chi connectivity index (χ0n) is 7.54. The van der Waals surface area contributed by atoms with Gasteiger partial charge in [0.2, 0.25) is 0 Å². The van der Waals surface area contributed by atoms with Crippen LogP contribution in [0.1, 0.15) is 24.3 Å². The molecule has 0 amide bonds. The molecule has 0 aliphatic heterocycles. The molecule has 1 aromatic carbocycles. The van der Waals surface area contributed by atoms with Crippen molar-refractivity contribution < 1.29 is 4.39 Å². The van der Waals surface area contributed by atoms with E-state index in [1.54, 1.807) is 6.07 Å². The average molecular weight is 179 g/mol. The average Bonchev–Trinajstić information content (AvgIpc) is 2.93. The van der Waals surface area contributed by atoms with Crippen LogP contribution in [-0.4, -0.2) is 6.54 Å². The summed E-state index contributed by atoms with van der Waals surface area (Å²) in [6, 6.07) is 6.97. The summed E-state index contributed by atoms with van der Waals surface area (Å²) >= 11 is 0. The van der Waals surface area contributed by atoms with Crippen LogP contribution >= 0.6 is 0 Å². The van der Waals surface area contributed by atoms with Crippen molar-refractivity contribution in [2.24, 2.45) is 11.7 Å². The van der Waals surface area contributed by atoms with Crippen molar-refractivity contribution in [1.82, 2.24) is 0 Å². The first-order chi connectivity index (χ1) is 6.33. The van der Waals surface area contributed by atoms with Crippen LogP contribution in [0.25, 0.3) is 0 Å². The molecule has 1 aromatic rings. The lowest BCUT2D eigenvalue weighted by Crippen LogP contribution is -2.15. The minimum Gasteiger partial charge on any atom is -0.330 e. The molecule has 70 valence electrons. The first-order valence-corrected chi connectivity index (χ1v) is 4.77. The van der Waals surface area contributed by atoms with E-state index in [2.05, 4.69) is 0 Å². The minimum atomic E-state index is -0.107. The molecule has 0 spiro atoms. The van der Waals surface area contributed by atoms with Crippen LogP contribution in [-0.2, 0) is 0 Å². The van der Waals surface area contributed by atoms with Gasteiger partial charge in [0, 0.05) is 5.92 Å². The highest BCUT2D eigenvalue weighted by atomic mass is 19.1. The molecule has 0 saturated heterocycles. The molecule has 2 N–H and O–H groups in total. The predicted octanol–water partition coefficient (Wildman–Crippen LogP) is 2.28. The SMILES string of the molecule is NCC(c1ccccc1F)C1CC1. The lowest BCUT2D eigenvalue weighted by Gasteiger charge is -2.14. The lowest BCUT2D eigenvalue weighted by molar-refractivity contribution is 0.547. The molecule has 1 nitrogen and oxygen atoms in total. The third-order valence-corrected chi connectivity index (χ3v) is 2.75. The van der Waals surface area contributed by atoms with E-state index in [4.69, 9.17) is 5.73 Å². The third kappa shape index (κ3) is 1.73. The summed E-state index contributed by atoms with van der Waals surface area (Å²) in [7, 11) is 0. The molecule has 1 aliphatic carbocycles. The number of hydrogen-bond donors (Lipinski definition) is 1. The maximum absolute atomic E-state index is 13.4. The predicted molar refractivity (Wildman–Crippen MR) is 50.9 cm³/mol. The van der Waals surface area contributed by atoms with Gasteiger partial charge >= 0.3 is 0 Å². The van der Waals surface area contributed by atoms with Crippen molar-refractivity contribution in [3.63, 3.8) is 0 Å². The molecule has 0 bridgehead atoms. The molecular weight excluding hydrogens is 165 g/mol. The second-order valence-corrected chi connectivity index (χ2v) is 3.70. The van der Waals surface area contributed by atoms with Crippen LogP contribution in [0.4, 0.5) is 4.39 Å². The Bertz CT molecular complexity index is 294. The van der Waals surface area contributed by atoms with Gasteiger partial charge in [-0.25, -0.2) is 4.39 Å².